The minimum atomic E-state index is -0.0348. The number of aromatic amines is 2. The smallest absolute Gasteiger partial charge is 0.150 e. The van der Waals surface area contributed by atoms with Crippen LogP contribution in [0.15, 0.2) is 75.7 Å². The highest BCUT2D eigenvalue weighted by molar-refractivity contribution is 9.11. The second-order valence-electron chi connectivity index (χ2n) is 14.4. The molecule has 240 valence electrons. The number of nitrogens with one attached hydrogen (secondary N) is 2. The average Bonchev–Trinajstić information content (AvgIpc) is 3.88. The first-order chi connectivity index (χ1) is 22.8. The Hall–Kier alpha value is -4.33. The lowest BCUT2D eigenvalue weighted by Gasteiger charge is -2.26. The highest BCUT2D eigenvalue weighted by Crippen LogP contribution is 2.39. The van der Waals surface area contributed by atoms with Gasteiger partial charge in [-0.2, -0.15) is 0 Å². The second kappa shape index (κ2) is 12.0. The van der Waals surface area contributed by atoms with E-state index in [1.165, 1.54) is 11.1 Å². The minimum absolute atomic E-state index is 0.0348. The van der Waals surface area contributed by atoms with Gasteiger partial charge in [0, 0.05) is 27.7 Å². The first-order valence-corrected chi connectivity index (χ1v) is 17.6. The van der Waals surface area contributed by atoms with Gasteiger partial charge in [0.15, 0.2) is 0 Å². The molecule has 0 saturated heterocycles. The molecule has 0 atom stereocenters. The van der Waals surface area contributed by atoms with E-state index in [0.717, 1.165) is 82.3 Å². The maximum Gasteiger partial charge on any atom is 0.150 e. The molecule has 2 aliphatic rings. The summed E-state index contributed by atoms with van der Waals surface area (Å²) in [5.74, 6) is 0. The van der Waals surface area contributed by atoms with Crippen LogP contribution >= 0.6 is 31.9 Å². The van der Waals surface area contributed by atoms with Crippen LogP contribution in [0.5, 0.6) is 0 Å². The number of halogens is 2. The quantitative estimate of drug-likeness (QED) is 0.176. The maximum atomic E-state index is 11.4. The number of carbonyl (C=O) groups is 1. The molecule has 0 aliphatic carbocycles. The van der Waals surface area contributed by atoms with Gasteiger partial charge in [-0.05, 0) is 114 Å². The summed E-state index contributed by atoms with van der Waals surface area (Å²) in [5, 5.41) is 0. The normalized spacial score (nSPS) is 12.9. The summed E-state index contributed by atoms with van der Waals surface area (Å²) in [4.78, 5) is 29.1. The molecule has 8 bridgehead atoms. The van der Waals surface area contributed by atoms with Gasteiger partial charge in [-0.15, -0.1) is 0 Å². The Kier molecular flexibility index (Phi) is 8.04. The van der Waals surface area contributed by atoms with Gasteiger partial charge >= 0.3 is 0 Å². The molecular weight excluding hydrogens is 724 g/mol. The van der Waals surface area contributed by atoms with Gasteiger partial charge in [-0.3, -0.25) is 4.79 Å². The molecule has 2 N–H and O–H groups in total. The maximum absolute atomic E-state index is 11.4. The van der Waals surface area contributed by atoms with Gasteiger partial charge in [0.2, 0.25) is 0 Å². The molecule has 2 aliphatic heterocycles. The van der Waals surface area contributed by atoms with E-state index in [1.807, 2.05) is 36.4 Å². The van der Waals surface area contributed by atoms with Gasteiger partial charge in [-0.1, -0.05) is 84.0 Å². The van der Waals surface area contributed by atoms with Crippen molar-refractivity contribution in [3.8, 4) is 22.3 Å². The zero-order valence-electron chi connectivity index (χ0n) is 27.8. The zero-order chi connectivity index (χ0) is 34.0. The summed E-state index contributed by atoms with van der Waals surface area (Å²) in [6, 6.07) is 22.9. The lowest BCUT2D eigenvalue weighted by Crippen LogP contribution is -2.16. The van der Waals surface area contributed by atoms with E-state index in [2.05, 4.69) is 138 Å². The molecule has 48 heavy (non-hydrogen) atoms. The summed E-state index contributed by atoms with van der Waals surface area (Å²) in [7, 11) is 0. The van der Waals surface area contributed by atoms with Crippen molar-refractivity contribution in [3.63, 3.8) is 0 Å². The van der Waals surface area contributed by atoms with E-state index in [9.17, 15) is 4.79 Å². The van der Waals surface area contributed by atoms with E-state index in [4.69, 9.17) is 9.97 Å². The number of nitrogens with zero attached hydrogens (tertiary/aromatic N) is 2. The molecule has 2 aromatic carbocycles. The number of aromatic nitrogens is 4. The van der Waals surface area contributed by atoms with Crippen LogP contribution in [-0.2, 0) is 10.8 Å². The number of H-pyrrole nitrogens is 2. The summed E-state index contributed by atoms with van der Waals surface area (Å²) in [6.45, 7) is 13.6. The SMILES string of the molecule is CC(C)(C)c1cc(-c2c3nc(c(Br)c4ccc([nH]4)c(-c4ccc(C=O)cc4)c4nc(c(Br)c5ccc2[nH]5)C=C4)C=C3)cc(C(C)(C)C)c1. The molecule has 3 aromatic heterocycles. The molecule has 7 heteroatoms. The van der Waals surface area contributed by atoms with Crippen LogP contribution in [0.25, 0.3) is 68.6 Å². The summed E-state index contributed by atoms with van der Waals surface area (Å²) >= 11 is 7.77. The zero-order valence-corrected chi connectivity index (χ0v) is 31.0. The molecule has 0 amide bonds. The first-order valence-electron chi connectivity index (χ1n) is 16.0. The van der Waals surface area contributed by atoms with Crippen molar-refractivity contribution in [2.24, 2.45) is 0 Å². The lowest BCUT2D eigenvalue weighted by atomic mass is 9.79. The summed E-state index contributed by atoms with van der Waals surface area (Å²) < 4.78 is 1.72. The Morgan fingerprint density at radius 1 is 0.542 bits per heavy atom. The van der Waals surface area contributed by atoms with Crippen LogP contribution in [0.3, 0.4) is 0 Å². The fourth-order valence-electron chi connectivity index (χ4n) is 6.11. The molecule has 5 heterocycles. The van der Waals surface area contributed by atoms with E-state index in [0.29, 0.717) is 5.56 Å². The predicted molar refractivity (Wildman–Crippen MR) is 208 cm³/mol. The molecule has 0 fully saturated rings. The van der Waals surface area contributed by atoms with Gasteiger partial charge < -0.3 is 9.97 Å². The fourth-order valence-corrected chi connectivity index (χ4v) is 7.01. The molecule has 7 rings (SSSR count). The topological polar surface area (TPSA) is 74.4 Å². The van der Waals surface area contributed by atoms with Gasteiger partial charge in [0.25, 0.3) is 0 Å². The van der Waals surface area contributed by atoms with Crippen molar-refractivity contribution in [2.45, 2.75) is 52.4 Å². The molecular formula is C41H36Br2N4O. The molecule has 0 radical (unpaired) electrons. The summed E-state index contributed by atoms with van der Waals surface area (Å²) in [5.41, 5.74) is 14.2. The fraction of sp³-hybridized carbons (Fsp3) is 0.195. The van der Waals surface area contributed by atoms with Crippen LogP contribution < -0.4 is 0 Å². The largest absolute Gasteiger partial charge is 0.354 e. The number of hydrogen-bond donors (Lipinski definition) is 2. The Morgan fingerprint density at radius 3 is 1.40 bits per heavy atom. The minimum Gasteiger partial charge on any atom is -0.354 e. The number of fused-ring (bicyclic) bond motifs is 8. The standard InChI is InChI=1S/C41H36Br2N4O/c1-40(2,3)26-19-25(20-27(21-26)41(4,5)6)37-30-13-17-34(46-30)38(42)32-15-11-28(44-32)36(24-9-7-23(22-48)8-10-24)29-12-16-33(45-29)39(43)35-18-14-31(37)47-35/h7-22,44,47H,1-6H3. The number of hydrogen-bond acceptors (Lipinski definition) is 3. The third kappa shape index (κ3) is 5.95. The number of rotatable bonds is 3. The first kappa shape index (κ1) is 32.2. The molecule has 0 spiro atoms. The second-order valence-corrected chi connectivity index (χ2v) is 16.0. The number of carbonyl (C=O) groups excluding carboxylic acids is 1. The Labute approximate surface area is 297 Å². The van der Waals surface area contributed by atoms with Crippen LogP contribution in [0.2, 0.25) is 0 Å². The molecule has 5 aromatic rings. The van der Waals surface area contributed by atoms with Crippen molar-refractivity contribution < 1.29 is 4.79 Å². The van der Waals surface area contributed by atoms with Crippen molar-refractivity contribution in [1.29, 1.82) is 0 Å². The van der Waals surface area contributed by atoms with E-state index in [1.54, 1.807) is 0 Å². The van der Waals surface area contributed by atoms with Crippen molar-refractivity contribution in [3.05, 3.63) is 115 Å². The van der Waals surface area contributed by atoms with Crippen molar-refractivity contribution in [1.82, 2.24) is 19.9 Å². The number of aldehydes is 1. The third-order valence-electron chi connectivity index (χ3n) is 8.91. The Morgan fingerprint density at radius 2 is 0.958 bits per heavy atom. The predicted octanol–water partition coefficient (Wildman–Crippen LogP) is 11.9. The van der Waals surface area contributed by atoms with E-state index >= 15 is 0 Å². The molecule has 5 nitrogen and oxygen atoms in total. The Balaban J connectivity index is 1.59. The molecule has 0 unspecified atom stereocenters. The van der Waals surface area contributed by atoms with Crippen molar-refractivity contribution in [2.75, 3.05) is 0 Å². The highest BCUT2D eigenvalue weighted by atomic mass is 79.9. The van der Waals surface area contributed by atoms with Crippen LogP contribution in [0, 0.1) is 0 Å². The van der Waals surface area contributed by atoms with Gasteiger partial charge in [0.1, 0.15) is 6.29 Å². The van der Waals surface area contributed by atoms with Crippen LogP contribution in [0.4, 0.5) is 0 Å². The summed E-state index contributed by atoms with van der Waals surface area (Å²) in [6.07, 6.45) is 9.09. The van der Waals surface area contributed by atoms with Gasteiger partial charge in [0.05, 0.1) is 42.8 Å². The van der Waals surface area contributed by atoms with E-state index < -0.39 is 0 Å². The van der Waals surface area contributed by atoms with Gasteiger partial charge in [-0.25, -0.2) is 9.97 Å². The van der Waals surface area contributed by atoms with Crippen molar-refractivity contribution >= 4 is 84.5 Å². The molecule has 0 saturated carbocycles. The van der Waals surface area contributed by atoms with Crippen LogP contribution in [-0.4, -0.2) is 26.2 Å². The monoisotopic (exact) mass is 758 g/mol. The average molecular weight is 761 g/mol. The number of benzene rings is 2. The lowest BCUT2D eigenvalue weighted by molar-refractivity contribution is 0.112. The highest BCUT2D eigenvalue weighted by Gasteiger charge is 2.23. The van der Waals surface area contributed by atoms with E-state index in [-0.39, 0.29) is 10.8 Å². The Bertz CT molecular complexity index is 2310. The third-order valence-corrected chi connectivity index (χ3v) is 10.6. The van der Waals surface area contributed by atoms with Crippen LogP contribution in [0.1, 0.15) is 85.8 Å².